The maximum Gasteiger partial charge on any atom is 0.356 e. The molecule has 0 unspecified atom stereocenters. The van der Waals surface area contributed by atoms with Crippen LogP contribution in [-0.2, 0) is 15.7 Å². The number of nitrogens with zero attached hydrogens (tertiary/aromatic N) is 3. The number of aliphatic imine (C=N–C) groups is 1. The first kappa shape index (κ1) is 39.1. The molecule has 1 aliphatic rings. The molecular weight excluding hydrogens is 677 g/mol. The summed E-state index contributed by atoms with van der Waals surface area (Å²) in [7, 11) is -2.86. The van der Waals surface area contributed by atoms with Crippen LogP contribution in [0.15, 0.2) is 115 Å². The van der Waals surface area contributed by atoms with Crippen LogP contribution >= 0.6 is 0 Å². The van der Waals surface area contributed by atoms with Gasteiger partial charge in [0, 0.05) is 42.7 Å². The van der Waals surface area contributed by atoms with Crippen molar-refractivity contribution in [3.05, 3.63) is 132 Å². The number of hydrogen-bond acceptors (Lipinski definition) is 6. The molecule has 1 N–H and O–H groups in total. The Balaban J connectivity index is 1.65. The second-order valence-electron chi connectivity index (χ2n) is 14.5. The van der Waals surface area contributed by atoms with E-state index < -0.39 is 14.3 Å². The maximum atomic E-state index is 14.0. The molecule has 1 aliphatic heterocycles. The van der Waals surface area contributed by atoms with Crippen molar-refractivity contribution in [3.8, 4) is 11.3 Å². The molecule has 1 atom stereocenters. The summed E-state index contributed by atoms with van der Waals surface area (Å²) in [5.74, 6) is -0.503. The second kappa shape index (κ2) is 17.1. The Hall–Kier alpha value is -5.12. The van der Waals surface area contributed by atoms with Crippen LogP contribution in [0, 0.1) is 0 Å². The molecule has 0 bridgehead atoms. The number of rotatable bonds is 13. The van der Waals surface area contributed by atoms with Crippen LogP contribution in [0.2, 0.25) is 5.04 Å². The zero-order chi connectivity index (χ0) is 38.2. The fourth-order valence-electron chi connectivity index (χ4n) is 7.31. The van der Waals surface area contributed by atoms with Gasteiger partial charge in [0.1, 0.15) is 5.69 Å². The molecule has 5 rings (SSSR count). The summed E-state index contributed by atoms with van der Waals surface area (Å²) in [5, 5.41) is 5.29. The first-order chi connectivity index (χ1) is 25.4. The van der Waals surface area contributed by atoms with Gasteiger partial charge in [-0.15, -0.1) is 0 Å². The molecule has 1 aromatic heterocycles. The van der Waals surface area contributed by atoms with Crippen molar-refractivity contribution in [2.75, 3.05) is 13.2 Å². The summed E-state index contributed by atoms with van der Waals surface area (Å²) >= 11 is 0. The molecular formula is C44H52N4O4Si. The van der Waals surface area contributed by atoms with Gasteiger partial charge >= 0.3 is 12.0 Å². The van der Waals surface area contributed by atoms with Crippen LogP contribution in [0.4, 0.5) is 4.79 Å². The molecule has 2 heterocycles. The monoisotopic (exact) mass is 728 g/mol. The quantitative estimate of drug-likeness (QED) is 0.0847. The highest BCUT2D eigenvalue weighted by Crippen LogP contribution is 2.43. The first-order valence-electron chi connectivity index (χ1n) is 18.4. The Morgan fingerprint density at radius 1 is 1.02 bits per heavy atom. The molecule has 53 heavy (non-hydrogen) atoms. The van der Waals surface area contributed by atoms with Gasteiger partial charge in [-0.3, -0.25) is 4.99 Å². The largest absolute Gasteiger partial charge is 0.461 e. The molecule has 2 amide bonds. The number of amides is 2. The topological polar surface area (TPSA) is 93.1 Å². The average molecular weight is 729 g/mol. The van der Waals surface area contributed by atoms with Crippen molar-refractivity contribution in [2.24, 2.45) is 4.99 Å². The number of carbonyl (C=O) groups is 2. The zero-order valence-electron chi connectivity index (χ0n) is 32.1. The van der Waals surface area contributed by atoms with E-state index in [1.54, 1.807) is 19.2 Å². The Kier molecular flexibility index (Phi) is 12.6. The molecule has 4 aromatic rings. The van der Waals surface area contributed by atoms with E-state index in [1.165, 1.54) is 16.6 Å². The van der Waals surface area contributed by atoms with E-state index >= 15 is 0 Å². The van der Waals surface area contributed by atoms with E-state index in [4.69, 9.17) is 14.1 Å². The zero-order valence-corrected chi connectivity index (χ0v) is 33.1. The number of carbonyl (C=O) groups excluding carboxylic acids is 2. The number of hydrogen-bond donors (Lipinski definition) is 1. The van der Waals surface area contributed by atoms with Crippen LogP contribution in [0.5, 0.6) is 0 Å². The number of aromatic nitrogens is 1. The molecule has 0 aliphatic carbocycles. The molecule has 276 valence electrons. The molecule has 8 nitrogen and oxygen atoms in total. The van der Waals surface area contributed by atoms with Crippen LogP contribution in [0.25, 0.3) is 16.8 Å². The predicted molar refractivity (Wildman–Crippen MR) is 218 cm³/mol. The molecule has 0 spiro atoms. The fraction of sp³-hybridized carbons (Fsp3) is 0.318. The van der Waals surface area contributed by atoms with Crippen molar-refractivity contribution >= 4 is 42.5 Å². The number of benzene rings is 3. The number of allylic oxidation sites excluding steroid dienone is 2. The molecule has 0 saturated carbocycles. The molecule has 0 saturated heterocycles. The minimum Gasteiger partial charge on any atom is -0.461 e. The normalized spacial score (nSPS) is 14.8. The first-order valence-corrected chi connectivity index (χ1v) is 20.3. The van der Waals surface area contributed by atoms with Gasteiger partial charge in [-0.05, 0) is 78.4 Å². The third kappa shape index (κ3) is 8.42. The summed E-state index contributed by atoms with van der Waals surface area (Å²) in [6.45, 7) is 19.1. The molecule has 0 radical (unpaired) electrons. The number of esters is 1. The lowest BCUT2D eigenvalue weighted by atomic mass is 9.94. The molecule has 0 fully saturated rings. The Morgan fingerprint density at radius 3 is 2.25 bits per heavy atom. The fourth-order valence-corrected chi connectivity index (χ4v) is 11.9. The Morgan fingerprint density at radius 2 is 1.68 bits per heavy atom. The van der Waals surface area contributed by atoms with Gasteiger partial charge in [-0.25, -0.2) is 14.6 Å². The van der Waals surface area contributed by atoms with Gasteiger partial charge in [0.25, 0.3) is 8.32 Å². The summed E-state index contributed by atoms with van der Waals surface area (Å²) in [4.78, 5) is 38.3. The number of pyridine rings is 1. The van der Waals surface area contributed by atoms with Crippen molar-refractivity contribution in [3.63, 3.8) is 0 Å². The van der Waals surface area contributed by atoms with Gasteiger partial charge in [-0.2, -0.15) is 0 Å². The van der Waals surface area contributed by atoms with Gasteiger partial charge in [-0.1, -0.05) is 112 Å². The second-order valence-corrected chi connectivity index (χ2v) is 18.8. The van der Waals surface area contributed by atoms with Crippen molar-refractivity contribution < 1.29 is 18.8 Å². The highest BCUT2D eigenvalue weighted by Gasteiger charge is 2.50. The number of ether oxygens (including phenoxy) is 1. The van der Waals surface area contributed by atoms with Crippen LogP contribution in [-0.4, -0.2) is 55.7 Å². The highest BCUT2D eigenvalue weighted by atomic mass is 28.4. The lowest BCUT2D eigenvalue weighted by molar-refractivity contribution is 0.0519. The molecule has 9 heteroatoms. The summed E-state index contributed by atoms with van der Waals surface area (Å²) in [6, 6.07) is 30.3. The summed E-state index contributed by atoms with van der Waals surface area (Å²) in [6.07, 6.45) is 5.77. The Labute approximate surface area is 315 Å². The standard InChI is InChI=1S/C44H52N4O4Si/c1-9-32(29-45-10-2)33-19-18-20-34(27-33)41-40-35(28-38(47-41)42(49)51-11-3)30-48(43(50)46-31(4)5)39(40)25-26-52-53(44(6,7)8,36-21-14-12-15-22-36)37-23-16-13-17-24-37/h9-10,12-24,27-29,31,39H,2,11,25-26,30H2,1,3-8H3,(H,46,50)/b32-9+,45-29?/t39-/m1/s1. The van der Waals surface area contributed by atoms with Gasteiger partial charge in [0.2, 0.25) is 0 Å². The number of fused-ring (bicyclic) bond motifs is 1. The third-order valence-corrected chi connectivity index (χ3v) is 14.6. The Bertz CT molecular complexity index is 1930. The van der Waals surface area contributed by atoms with Gasteiger partial charge in [0.05, 0.1) is 18.3 Å². The van der Waals surface area contributed by atoms with Gasteiger partial charge < -0.3 is 19.4 Å². The lowest BCUT2D eigenvalue weighted by Gasteiger charge is -2.43. The lowest BCUT2D eigenvalue weighted by Crippen LogP contribution is -2.66. The van der Waals surface area contributed by atoms with E-state index in [0.717, 1.165) is 27.8 Å². The minimum absolute atomic E-state index is 0.0685. The van der Waals surface area contributed by atoms with E-state index in [1.807, 2.05) is 62.1 Å². The maximum absolute atomic E-state index is 14.0. The number of urea groups is 1. The third-order valence-electron chi connectivity index (χ3n) is 9.58. The predicted octanol–water partition coefficient (Wildman–Crippen LogP) is 8.48. The highest BCUT2D eigenvalue weighted by molar-refractivity contribution is 6.99. The van der Waals surface area contributed by atoms with Crippen LogP contribution in [0.1, 0.15) is 88.1 Å². The smallest absolute Gasteiger partial charge is 0.356 e. The summed E-state index contributed by atoms with van der Waals surface area (Å²) < 4.78 is 12.8. The summed E-state index contributed by atoms with van der Waals surface area (Å²) in [5.41, 5.74) is 5.28. The van der Waals surface area contributed by atoms with Crippen molar-refractivity contribution in [1.29, 1.82) is 0 Å². The van der Waals surface area contributed by atoms with Crippen LogP contribution in [0.3, 0.4) is 0 Å². The van der Waals surface area contributed by atoms with E-state index in [0.29, 0.717) is 25.3 Å². The van der Waals surface area contributed by atoms with Crippen LogP contribution < -0.4 is 15.7 Å². The minimum atomic E-state index is -2.86. The van der Waals surface area contributed by atoms with Crippen molar-refractivity contribution in [1.82, 2.24) is 15.2 Å². The van der Waals surface area contributed by atoms with E-state index in [-0.39, 0.29) is 35.5 Å². The van der Waals surface area contributed by atoms with E-state index in [2.05, 4.69) is 92.3 Å². The molecule has 3 aromatic carbocycles. The SMILES string of the molecule is C=CN=C/C(=C\C)c1cccc(-c2nc(C(=O)OCC)cc3c2[C@@H](CCO[Si](c2ccccc2)(c2ccccc2)C(C)(C)C)N(C(=O)NC(C)C)C3)c1. The number of nitrogens with one attached hydrogen (secondary N) is 1. The van der Waals surface area contributed by atoms with Crippen molar-refractivity contribution in [2.45, 2.75) is 78.6 Å². The van der Waals surface area contributed by atoms with E-state index in [9.17, 15) is 9.59 Å². The average Bonchev–Trinajstić information content (AvgIpc) is 3.52. The van der Waals surface area contributed by atoms with Gasteiger partial charge in [0.15, 0.2) is 0 Å².